The van der Waals surface area contributed by atoms with Crippen LogP contribution in [0.25, 0.3) is 0 Å². The Morgan fingerprint density at radius 1 is 1.12 bits per heavy atom. The summed E-state index contributed by atoms with van der Waals surface area (Å²) in [6.07, 6.45) is 3.37. The molecular formula is C18H20FN5O2. The number of aromatic nitrogens is 2. The molecule has 7 nitrogen and oxygen atoms in total. The van der Waals surface area contributed by atoms with Crippen LogP contribution < -0.4 is 9.80 Å². The standard InChI is InChI=1S/C18H20FN5O2/c1-14(25)24(16-5-2-4-15(19)12-16)13-17(26)22-8-10-23(11-9-22)18-20-6-3-7-21-18/h2-7,12H,8-11,13H2,1H3. The first kappa shape index (κ1) is 17.8. The van der Waals surface area contributed by atoms with Gasteiger partial charge in [0.15, 0.2) is 0 Å². The molecule has 2 amide bonds. The van der Waals surface area contributed by atoms with Crippen LogP contribution in [0, 0.1) is 5.82 Å². The monoisotopic (exact) mass is 357 g/mol. The van der Waals surface area contributed by atoms with Gasteiger partial charge >= 0.3 is 0 Å². The van der Waals surface area contributed by atoms with Crippen molar-refractivity contribution in [2.24, 2.45) is 0 Å². The van der Waals surface area contributed by atoms with E-state index in [9.17, 15) is 14.0 Å². The normalized spacial score (nSPS) is 14.2. The Labute approximate surface area is 151 Å². The molecule has 0 radical (unpaired) electrons. The second kappa shape index (κ2) is 7.90. The third kappa shape index (κ3) is 4.14. The minimum Gasteiger partial charge on any atom is -0.338 e. The summed E-state index contributed by atoms with van der Waals surface area (Å²) >= 11 is 0. The fraction of sp³-hybridized carbons (Fsp3) is 0.333. The molecule has 8 heteroatoms. The van der Waals surface area contributed by atoms with Crippen LogP contribution in [0.4, 0.5) is 16.0 Å². The van der Waals surface area contributed by atoms with Crippen molar-refractivity contribution in [3.8, 4) is 0 Å². The van der Waals surface area contributed by atoms with E-state index in [-0.39, 0.29) is 18.4 Å². The summed E-state index contributed by atoms with van der Waals surface area (Å²) in [7, 11) is 0. The molecule has 1 aromatic carbocycles. The first-order valence-electron chi connectivity index (χ1n) is 8.38. The van der Waals surface area contributed by atoms with E-state index < -0.39 is 5.82 Å². The Morgan fingerprint density at radius 3 is 2.42 bits per heavy atom. The Hall–Kier alpha value is -3.03. The van der Waals surface area contributed by atoms with E-state index in [2.05, 4.69) is 9.97 Å². The fourth-order valence-corrected chi connectivity index (χ4v) is 2.87. The molecule has 0 aliphatic carbocycles. The third-order valence-electron chi connectivity index (χ3n) is 4.26. The largest absolute Gasteiger partial charge is 0.338 e. The predicted octanol–water partition coefficient (Wildman–Crippen LogP) is 1.32. The molecule has 0 bridgehead atoms. The van der Waals surface area contributed by atoms with Crippen molar-refractivity contribution in [1.29, 1.82) is 0 Å². The molecule has 1 aliphatic rings. The Morgan fingerprint density at radius 2 is 1.81 bits per heavy atom. The Balaban J connectivity index is 1.61. The minimum absolute atomic E-state index is 0.110. The van der Waals surface area contributed by atoms with Gasteiger partial charge in [0, 0.05) is 51.2 Å². The van der Waals surface area contributed by atoms with Gasteiger partial charge in [-0.15, -0.1) is 0 Å². The number of rotatable bonds is 4. The van der Waals surface area contributed by atoms with Crippen molar-refractivity contribution in [2.75, 3.05) is 42.5 Å². The van der Waals surface area contributed by atoms with E-state index in [4.69, 9.17) is 0 Å². The summed E-state index contributed by atoms with van der Waals surface area (Å²) in [4.78, 5) is 38.0. The molecule has 1 aliphatic heterocycles. The van der Waals surface area contributed by atoms with E-state index in [1.54, 1.807) is 29.4 Å². The maximum atomic E-state index is 13.4. The average Bonchev–Trinajstić information content (AvgIpc) is 2.66. The molecule has 0 spiro atoms. The fourth-order valence-electron chi connectivity index (χ4n) is 2.87. The maximum Gasteiger partial charge on any atom is 0.242 e. The highest BCUT2D eigenvalue weighted by Gasteiger charge is 2.25. The summed E-state index contributed by atoms with van der Waals surface area (Å²) in [6.45, 7) is 3.53. The molecule has 0 saturated carbocycles. The average molecular weight is 357 g/mol. The number of amides is 2. The van der Waals surface area contributed by atoms with E-state index in [1.807, 2.05) is 4.90 Å². The Kier molecular flexibility index (Phi) is 5.40. The van der Waals surface area contributed by atoms with Gasteiger partial charge in [0.2, 0.25) is 17.8 Å². The van der Waals surface area contributed by atoms with Crippen LogP contribution in [0.15, 0.2) is 42.7 Å². The molecule has 0 atom stereocenters. The maximum absolute atomic E-state index is 13.4. The predicted molar refractivity (Wildman–Crippen MR) is 95.3 cm³/mol. The van der Waals surface area contributed by atoms with E-state index in [0.717, 1.165) is 0 Å². The highest BCUT2D eigenvalue weighted by atomic mass is 19.1. The van der Waals surface area contributed by atoms with Crippen LogP contribution in [0.5, 0.6) is 0 Å². The highest BCUT2D eigenvalue weighted by molar-refractivity contribution is 5.97. The second-order valence-electron chi connectivity index (χ2n) is 6.00. The lowest BCUT2D eigenvalue weighted by atomic mass is 10.2. The molecule has 1 saturated heterocycles. The van der Waals surface area contributed by atoms with Crippen molar-refractivity contribution in [3.05, 3.63) is 48.5 Å². The Bertz CT molecular complexity index is 778. The van der Waals surface area contributed by atoms with Gasteiger partial charge in [0.1, 0.15) is 12.4 Å². The molecule has 136 valence electrons. The van der Waals surface area contributed by atoms with Gasteiger partial charge < -0.3 is 14.7 Å². The van der Waals surface area contributed by atoms with Gasteiger partial charge in [-0.2, -0.15) is 0 Å². The summed E-state index contributed by atoms with van der Waals surface area (Å²) < 4.78 is 13.4. The first-order chi connectivity index (χ1) is 12.5. The van der Waals surface area contributed by atoms with E-state index in [1.165, 1.54) is 30.0 Å². The summed E-state index contributed by atoms with van der Waals surface area (Å²) in [6, 6.07) is 7.44. The van der Waals surface area contributed by atoms with E-state index in [0.29, 0.717) is 37.8 Å². The first-order valence-corrected chi connectivity index (χ1v) is 8.38. The number of hydrogen-bond donors (Lipinski definition) is 0. The van der Waals surface area contributed by atoms with Crippen molar-refractivity contribution in [1.82, 2.24) is 14.9 Å². The molecule has 26 heavy (non-hydrogen) atoms. The zero-order valence-electron chi connectivity index (χ0n) is 14.5. The number of carbonyl (C=O) groups excluding carboxylic acids is 2. The number of hydrogen-bond acceptors (Lipinski definition) is 5. The SMILES string of the molecule is CC(=O)N(CC(=O)N1CCN(c2ncccn2)CC1)c1cccc(F)c1. The molecule has 0 N–H and O–H groups in total. The lowest BCUT2D eigenvalue weighted by Crippen LogP contribution is -2.52. The zero-order chi connectivity index (χ0) is 18.5. The summed E-state index contributed by atoms with van der Waals surface area (Å²) in [5.74, 6) is -0.277. The lowest BCUT2D eigenvalue weighted by molar-refractivity contribution is -0.131. The topological polar surface area (TPSA) is 69.6 Å². The minimum atomic E-state index is -0.447. The molecule has 2 heterocycles. The number of carbonyl (C=O) groups is 2. The van der Waals surface area contributed by atoms with Gasteiger partial charge in [-0.25, -0.2) is 14.4 Å². The smallest absolute Gasteiger partial charge is 0.242 e. The van der Waals surface area contributed by atoms with Gasteiger partial charge in [0.25, 0.3) is 0 Å². The van der Waals surface area contributed by atoms with Crippen molar-refractivity contribution >= 4 is 23.5 Å². The van der Waals surface area contributed by atoms with Crippen LogP contribution in [0.3, 0.4) is 0 Å². The van der Waals surface area contributed by atoms with Gasteiger partial charge in [-0.3, -0.25) is 9.59 Å². The number of nitrogens with zero attached hydrogens (tertiary/aromatic N) is 5. The van der Waals surface area contributed by atoms with Crippen LogP contribution in [-0.2, 0) is 9.59 Å². The molecule has 2 aromatic rings. The van der Waals surface area contributed by atoms with Gasteiger partial charge in [-0.05, 0) is 24.3 Å². The van der Waals surface area contributed by atoms with Crippen molar-refractivity contribution in [3.63, 3.8) is 0 Å². The number of halogens is 1. The van der Waals surface area contributed by atoms with Crippen LogP contribution in [0.1, 0.15) is 6.92 Å². The quantitative estimate of drug-likeness (QED) is 0.825. The highest BCUT2D eigenvalue weighted by Crippen LogP contribution is 2.17. The second-order valence-corrected chi connectivity index (χ2v) is 6.00. The van der Waals surface area contributed by atoms with Crippen LogP contribution in [0.2, 0.25) is 0 Å². The third-order valence-corrected chi connectivity index (χ3v) is 4.26. The number of benzene rings is 1. The molecule has 1 aromatic heterocycles. The van der Waals surface area contributed by atoms with Gasteiger partial charge in [0.05, 0.1) is 0 Å². The van der Waals surface area contributed by atoms with Crippen molar-refractivity contribution in [2.45, 2.75) is 6.92 Å². The summed E-state index contributed by atoms with van der Waals surface area (Å²) in [5, 5.41) is 0. The summed E-state index contributed by atoms with van der Waals surface area (Å²) in [5.41, 5.74) is 0.377. The van der Waals surface area contributed by atoms with Crippen molar-refractivity contribution < 1.29 is 14.0 Å². The van der Waals surface area contributed by atoms with E-state index >= 15 is 0 Å². The van der Waals surface area contributed by atoms with Crippen LogP contribution in [-0.4, -0.2) is 59.4 Å². The number of anilines is 2. The lowest BCUT2D eigenvalue weighted by Gasteiger charge is -2.35. The molecular weight excluding hydrogens is 337 g/mol. The number of piperazine rings is 1. The van der Waals surface area contributed by atoms with Gasteiger partial charge in [-0.1, -0.05) is 6.07 Å². The molecule has 3 rings (SSSR count). The van der Waals surface area contributed by atoms with Crippen LogP contribution >= 0.6 is 0 Å². The zero-order valence-corrected chi connectivity index (χ0v) is 14.5. The molecule has 0 unspecified atom stereocenters. The molecule has 1 fully saturated rings.